The van der Waals surface area contributed by atoms with Crippen LogP contribution in [-0.4, -0.2) is 28.4 Å². The van der Waals surface area contributed by atoms with Crippen molar-refractivity contribution in [2.45, 2.75) is 64.3 Å². The first-order valence-corrected chi connectivity index (χ1v) is 7.20. The van der Waals surface area contributed by atoms with Crippen LogP contribution in [0, 0.1) is 6.92 Å². The fourth-order valence-electron chi connectivity index (χ4n) is 2.64. The maximum Gasteiger partial charge on any atom is 0.514 e. The van der Waals surface area contributed by atoms with Crippen LogP contribution in [0.5, 0.6) is 0 Å². The molecule has 2 heterocycles. The molecule has 0 radical (unpaired) electrons. The van der Waals surface area contributed by atoms with Gasteiger partial charge in [0, 0.05) is 6.20 Å². The van der Waals surface area contributed by atoms with E-state index in [0.717, 1.165) is 29.6 Å². The van der Waals surface area contributed by atoms with Crippen LogP contribution < -0.4 is 5.59 Å². The van der Waals surface area contributed by atoms with Gasteiger partial charge in [-0.3, -0.25) is 4.98 Å². The molecule has 3 rings (SSSR count). The van der Waals surface area contributed by atoms with E-state index < -0.39 is 12.7 Å². The molecule has 0 spiro atoms. The van der Waals surface area contributed by atoms with E-state index in [1.165, 1.54) is 0 Å². The summed E-state index contributed by atoms with van der Waals surface area (Å²) in [5.41, 5.74) is 1.30. The third-order valence-electron chi connectivity index (χ3n) is 4.94. The lowest BCUT2D eigenvalue weighted by atomic mass is 9.79. The number of hydrogen-bond donors (Lipinski definition) is 1. The first-order chi connectivity index (χ1) is 9.16. The summed E-state index contributed by atoms with van der Waals surface area (Å²) in [6.45, 7) is 10.1. The molecule has 1 N–H and O–H groups in total. The van der Waals surface area contributed by atoms with Crippen LogP contribution in [0.15, 0.2) is 12.3 Å². The van der Waals surface area contributed by atoms with Crippen molar-refractivity contribution in [1.29, 1.82) is 0 Å². The van der Waals surface area contributed by atoms with Gasteiger partial charge in [-0.2, -0.15) is 0 Å². The van der Waals surface area contributed by atoms with Gasteiger partial charge in [0.1, 0.15) is 0 Å². The molecule has 0 unspecified atom stereocenters. The third-order valence-corrected chi connectivity index (χ3v) is 4.94. The average molecular weight is 275 g/mol. The zero-order valence-electron chi connectivity index (χ0n) is 12.9. The van der Waals surface area contributed by atoms with Crippen LogP contribution in [0.25, 0.3) is 0 Å². The molecule has 1 aliphatic carbocycles. The van der Waals surface area contributed by atoms with Gasteiger partial charge in [-0.05, 0) is 64.7 Å². The maximum atomic E-state index is 10.3. The Labute approximate surface area is 120 Å². The van der Waals surface area contributed by atoms with Gasteiger partial charge < -0.3 is 14.4 Å². The highest BCUT2D eigenvalue weighted by Gasteiger charge is 2.53. The van der Waals surface area contributed by atoms with Crippen molar-refractivity contribution in [2.24, 2.45) is 0 Å². The van der Waals surface area contributed by atoms with Crippen LogP contribution >= 0.6 is 0 Å². The summed E-state index contributed by atoms with van der Waals surface area (Å²) in [7, 11) is -0.470. The van der Waals surface area contributed by atoms with Crippen LogP contribution in [0.3, 0.4) is 0 Å². The molecule has 1 aromatic heterocycles. The standard InChI is InChI=1S/C15H22BNO3/c1-10-11(15(18)7-8-15)6-9-17-12(10)16-19-13(2,3)14(4,5)20-16/h6,9,18H,7-8H2,1-5H3. The second-order valence-corrected chi connectivity index (χ2v) is 6.99. The van der Waals surface area contributed by atoms with Crippen LogP contribution in [0.2, 0.25) is 0 Å². The highest BCUT2D eigenvalue weighted by molar-refractivity contribution is 6.61. The van der Waals surface area contributed by atoms with Crippen molar-refractivity contribution < 1.29 is 14.4 Å². The Morgan fingerprint density at radius 1 is 1.15 bits per heavy atom. The second kappa shape index (κ2) is 4.06. The molecule has 1 saturated heterocycles. The largest absolute Gasteiger partial charge is 0.514 e. The number of hydrogen-bond acceptors (Lipinski definition) is 4. The summed E-state index contributed by atoms with van der Waals surface area (Å²) in [5.74, 6) is 0. The van der Waals surface area contributed by atoms with Gasteiger partial charge >= 0.3 is 7.12 Å². The summed E-state index contributed by atoms with van der Waals surface area (Å²) < 4.78 is 12.1. The van der Waals surface area contributed by atoms with Crippen molar-refractivity contribution in [3.8, 4) is 0 Å². The lowest BCUT2D eigenvalue weighted by molar-refractivity contribution is 0.00578. The average Bonchev–Trinajstić information content (AvgIpc) is 3.01. The smallest absolute Gasteiger partial charge is 0.398 e. The molecule has 0 aromatic carbocycles. The number of rotatable bonds is 2. The summed E-state index contributed by atoms with van der Waals surface area (Å²) in [4.78, 5) is 4.43. The molecular weight excluding hydrogens is 253 g/mol. The fourth-order valence-corrected chi connectivity index (χ4v) is 2.64. The molecule has 1 saturated carbocycles. The zero-order chi connectivity index (χ0) is 14.8. The van der Waals surface area contributed by atoms with Gasteiger partial charge in [0.2, 0.25) is 0 Å². The first kappa shape index (κ1) is 14.0. The normalized spacial score (nSPS) is 25.8. The Balaban J connectivity index is 1.97. The topological polar surface area (TPSA) is 51.6 Å². The summed E-state index contributed by atoms with van der Waals surface area (Å²) in [6.07, 6.45) is 3.38. The molecule has 0 atom stereocenters. The zero-order valence-corrected chi connectivity index (χ0v) is 12.9. The second-order valence-electron chi connectivity index (χ2n) is 6.99. The lowest BCUT2D eigenvalue weighted by Gasteiger charge is -2.32. The number of aromatic nitrogens is 1. The molecule has 4 nitrogen and oxygen atoms in total. The highest BCUT2D eigenvalue weighted by Crippen LogP contribution is 2.46. The molecule has 0 amide bonds. The van der Waals surface area contributed by atoms with E-state index in [1.54, 1.807) is 6.20 Å². The van der Waals surface area contributed by atoms with Crippen LogP contribution in [0.4, 0.5) is 0 Å². The monoisotopic (exact) mass is 275 g/mol. The molecule has 0 bridgehead atoms. The Bertz CT molecular complexity index is 536. The van der Waals surface area contributed by atoms with Gasteiger partial charge in [-0.15, -0.1) is 0 Å². The van der Waals surface area contributed by atoms with Gasteiger partial charge in [-0.1, -0.05) is 0 Å². The Morgan fingerprint density at radius 3 is 2.20 bits per heavy atom. The van der Waals surface area contributed by atoms with Crippen molar-refractivity contribution in [3.63, 3.8) is 0 Å². The fraction of sp³-hybridized carbons (Fsp3) is 0.667. The van der Waals surface area contributed by atoms with E-state index >= 15 is 0 Å². The van der Waals surface area contributed by atoms with E-state index in [0.29, 0.717) is 0 Å². The summed E-state index contributed by atoms with van der Waals surface area (Å²) in [5, 5.41) is 10.3. The first-order valence-electron chi connectivity index (χ1n) is 7.20. The molecule has 2 aliphatic rings. The SMILES string of the molecule is Cc1c(C2(O)CC2)ccnc1B1OC(C)(C)C(C)(C)O1. The van der Waals surface area contributed by atoms with Crippen LogP contribution in [-0.2, 0) is 14.9 Å². The predicted octanol–water partition coefficient (Wildman–Crippen LogP) is 1.67. The minimum atomic E-state index is -0.661. The Morgan fingerprint density at radius 2 is 1.70 bits per heavy atom. The van der Waals surface area contributed by atoms with Gasteiger partial charge in [0.05, 0.1) is 22.4 Å². The number of pyridine rings is 1. The molecule has 1 aliphatic heterocycles. The third kappa shape index (κ3) is 2.00. The van der Waals surface area contributed by atoms with Gasteiger partial charge in [0.15, 0.2) is 0 Å². The van der Waals surface area contributed by atoms with Crippen molar-refractivity contribution in [1.82, 2.24) is 4.98 Å². The quantitative estimate of drug-likeness (QED) is 0.834. The molecular formula is C15H22BNO3. The van der Waals surface area contributed by atoms with E-state index in [4.69, 9.17) is 9.31 Å². The summed E-state index contributed by atoms with van der Waals surface area (Å²) in [6, 6.07) is 1.90. The minimum Gasteiger partial charge on any atom is -0.398 e. The Kier molecular flexibility index (Phi) is 2.85. The Hall–Kier alpha value is -0.905. The van der Waals surface area contributed by atoms with Gasteiger partial charge in [-0.25, -0.2) is 0 Å². The molecule has 2 fully saturated rings. The van der Waals surface area contributed by atoms with Crippen molar-refractivity contribution >= 4 is 12.7 Å². The molecule has 5 heteroatoms. The van der Waals surface area contributed by atoms with E-state index in [1.807, 2.05) is 40.7 Å². The molecule has 1 aromatic rings. The predicted molar refractivity (Wildman–Crippen MR) is 77.8 cm³/mol. The van der Waals surface area contributed by atoms with Crippen LogP contribution in [0.1, 0.15) is 51.7 Å². The van der Waals surface area contributed by atoms with Gasteiger partial charge in [0.25, 0.3) is 0 Å². The molecule has 108 valence electrons. The highest BCUT2D eigenvalue weighted by atomic mass is 16.7. The number of aliphatic hydroxyl groups is 1. The molecule has 20 heavy (non-hydrogen) atoms. The van der Waals surface area contributed by atoms with E-state index in [9.17, 15) is 5.11 Å². The minimum absolute atomic E-state index is 0.377. The van der Waals surface area contributed by atoms with Crippen molar-refractivity contribution in [2.75, 3.05) is 0 Å². The number of nitrogens with zero attached hydrogens (tertiary/aromatic N) is 1. The summed E-state index contributed by atoms with van der Waals surface area (Å²) >= 11 is 0. The van der Waals surface area contributed by atoms with E-state index in [2.05, 4.69) is 4.98 Å². The maximum absolute atomic E-state index is 10.3. The lowest BCUT2D eigenvalue weighted by Crippen LogP contribution is -2.41. The van der Waals surface area contributed by atoms with Crippen molar-refractivity contribution in [3.05, 3.63) is 23.4 Å². The van der Waals surface area contributed by atoms with E-state index in [-0.39, 0.29) is 11.2 Å².